The van der Waals surface area contributed by atoms with E-state index in [0.29, 0.717) is 23.1 Å². The summed E-state index contributed by atoms with van der Waals surface area (Å²) in [6, 6.07) is 11.5. The van der Waals surface area contributed by atoms with E-state index in [2.05, 4.69) is 26.6 Å². The minimum atomic E-state index is -0.506. The molecule has 0 saturated carbocycles. The van der Waals surface area contributed by atoms with E-state index in [1.165, 1.54) is 12.1 Å². The number of carbonyl (C=O) groups is 1. The molecule has 0 saturated heterocycles. The first kappa shape index (κ1) is 17.2. The van der Waals surface area contributed by atoms with Crippen LogP contribution in [-0.4, -0.2) is 23.9 Å². The van der Waals surface area contributed by atoms with Gasteiger partial charge in [0.25, 0.3) is 11.6 Å². The summed E-state index contributed by atoms with van der Waals surface area (Å²) in [4.78, 5) is 22.5. The van der Waals surface area contributed by atoms with E-state index in [1.54, 1.807) is 24.3 Å². The quantitative estimate of drug-likeness (QED) is 0.440. The highest BCUT2D eigenvalue weighted by atomic mass is 79.9. The smallest absolute Gasteiger partial charge is 0.293 e. The average Bonchev–Trinajstić information content (AvgIpc) is 2.52. The third-order valence-corrected chi connectivity index (χ3v) is 4.03. The normalized spacial score (nSPS) is 10.2. The molecule has 0 aliphatic heterocycles. The van der Waals surface area contributed by atoms with Gasteiger partial charge in [-0.1, -0.05) is 29.8 Å². The Kier molecular flexibility index (Phi) is 5.95. The van der Waals surface area contributed by atoms with Gasteiger partial charge in [0, 0.05) is 23.6 Å². The molecule has 8 heteroatoms. The Labute approximate surface area is 146 Å². The molecule has 0 aromatic heterocycles. The van der Waals surface area contributed by atoms with Crippen LogP contribution in [0.5, 0.6) is 0 Å². The number of carbonyl (C=O) groups excluding carboxylic acids is 1. The molecule has 0 unspecified atom stereocenters. The molecule has 0 bridgehead atoms. The molecule has 6 nitrogen and oxygen atoms in total. The van der Waals surface area contributed by atoms with Crippen LogP contribution in [-0.2, 0) is 0 Å². The molecule has 0 heterocycles. The number of nitro benzene ring substituents is 1. The number of rotatable bonds is 6. The molecule has 120 valence electrons. The topological polar surface area (TPSA) is 84.3 Å². The van der Waals surface area contributed by atoms with Gasteiger partial charge in [0.05, 0.1) is 15.5 Å². The Hall–Kier alpha value is -2.12. The predicted molar refractivity (Wildman–Crippen MR) is 93.1 cm³/mol. The Morgan fingerprint density at radius 1 is 1.17 bits per heavy atom. The standard InChI is InChI=1S/C15H13BrClN3O3/c16-11-5-2-1-4-10(11)15(21)19-9-8-18-14-12(17)6-3-7-13(14)20(22)23/h1-7,18H,8-9H2,(H,19,21). The Morgan fingerprint density at radius 2 is 1.91 bits per heavy atom. The van der Waals surface area contributed by atoms with Gasteiger partial charge in [-0.15, -0.1) is 0 Å². The van der Waals surface area contributed by atoms with Crippen LogP contribution in [0.15, 0.2) is 46.9 Å². The van der Waals surface area contributed by atoms with Crippen molar-refractivity contribution in [2.24, 2.45) is 0 Å². The molecule has 23 heavy (non-hydrogen) atoms. The van der Waals surface area contributed by atoms with Crippen LogP contribution in [0.2, 0.25) is 5.02 Å². The largest absolute Gasteiger partial charge is 0.376 e. The van der Waals surface area contributed by atoms with Gasteiger partial charge in [-0.2, -0.15) is 0 Å². The molecule has 0 aliphatic rings. The summed E-state index contributed by atoms with van der Waals surface area (Å²) < 4.78 is 0.701. The molecule has 2 N–H and O–H groups in total. The Balaban J connectivity index is 1.93. The average molecular weight is 399 g/mol. The first-order valence-electron chi connectivity index (χ1n) is 6.70. The number of halogens is 2. The van der Waals surface area contributed by atoms with Crippen molar-refractivity contribution < 1.29 is 9.72 Å². The minimum Gasteiger partial charge on any atom is -0.376 e. The zero-order chi connectivity index (χ0) is 16.8. The number of benzene rings is 2. The fourth-order valence-corrected chi connectivity index (χ4v) is 2.65. The number of hydrogen-bond acceptors (Lipinski definition) is 4. The molecule has 0 aliphatic carbocycles. The number of amides is 1. The minimum absolute atomic E-state index is 0.102. The Bertz CT molecular complexity index is 740. The van der Waals surface area contributed by atoms with E-state index in [4.69, 9.17) is 11.6 Å². The van der Waals surface area contributed by atoms with Gasteiger partial charge < -0.3 is 10.6 Å². The third-order valence-electron chi connectivity index (χ3n) is 3.02. The van der Waals surface area contributed by atoms with Crippen molar-refractivity contribution in [3.05, 3.63) is 67.6 Å². The lowest BCUT2D eigenvalue weighted by molar-refractivity contribution is -0.383. The van der Waals surface area contributed by atoms with Gasteiger partial charge in [-0.25, -0.2) is 0 Å². The van der Waals surface area contributed by atoms with Crippen molar-refractivity contribution in [2.75, 3.05) is 18.4 Å². The monoisotopic (exact) mass is 397 g/mol. The van der Waals surface area contributed by atoms with Gasteiger partial charge in [-0.3, -0.25) is 14.9 Å². The lowest BCUT2D eigenvalue weighted by atomic mass is 10.2. The molecule has 2 aromatic carbocycles. The maximum absolute atomic E-state index is 12.0. The third kappa shape index (κ3) is 4.43. The zero-order valence-electron chi connectivity index (χ0n) is 11.9. The molecule has 0 spiro atoms. The fourth-order valence-electron chi connectivity index (χ4n) is 1.94. The summed E-state index contributed by atoms with van der Waals surface area (Å²) >= 11 is 9.28. The lowest BCUT2D eigenvalue weighted by Gasteiger charge is -2.10. The number of hydrogen-bond donors (Lipinski definition) is 2. The van der Waals surface area contributed by atoms with E-state index < -0.39 is 4.92 Å². The van der Waals surface area contributed by atoms with Crippen molar-refractivity contribution in [2.45, 2.75) is 0 Å². The van der Waals surface area contributed by atoms with Crippen LogP contribution in [0.4, 0.5) is 11.4 Å². The Morgan fingerprint density at radius 3 is 2.61 bits per heavy atom. The fraction of sp³-hybridized carbons (Fsp3) is 0.133. The van der Waals surface area contributed by atoms with Gasteiger partial charge >= 0.3 is 0 Å². The van der Waals surface area contributed by atoms with Crippen LogP contribution in [0, 0.1) is 10.1 Å². The SMILES string of the molecule is O=C(NCCNc1c(Cl)cccc1[N+](=O)[O-])c1ccccc1Br. The number of anilines is 1. The molecular formula is C15H13BrClN3O3. The van der Waals surface area contributed by atoms with E-state index in [1.807, 2.05) is 6.07 Å². The van der Waals surface area contributed by atoms with Gasteiger partial charge in [0.15, 0.2) is 0 Å². The second-order valence-corrected chi connectivity index (χ2v) is 5.82. The number of nitrogens with zero attached hydrogens (tertiary/aromatic N) is 1. The van der Waals surface area contributed by atoms with Crippen LogP contribution in [0.3, 0.4) is 0 Å². The van der Waals surface area contributed by atoms with Crippen LogP contribution < -0.4 is 10.6 Å². The first-order chi connectivity index (χ1) is 11.0. The van der Waals surface area contributed by atoms with Crippen molar-refractivity contribution in [1.29, 1.82) is 0 Å². The molecule has 2 aromatic rings. The first-order valence-corrected chi connectivity index (χ1v) is 7.87. The van der Waals surface area contributed by atoms with Crippen LogP contribution >= 0.6 is 27.5 Å². The maximum Gasteiger partial charge on any atom is 0.293 e. The highest BCUT2D eigenvalue weighted by molar-refractivity contribution is 9.10. The zero-order valence-corrected chi connectivity index (χ0v) is 14.2. The molecule has 0 atom stereocenters. The van der Waals surface area contributed by atoms with E-state index in [0.717, 1.165) is 0 Å². The number of nitrogens with one attached hydrogen (secondary N) is 2. The molecule has 2 rings (SSSR count). The highest BCUT2D eigenvalue weighted by Gasteiger charge is 2.16. The van der Waals surface area contributed by atoms with Crippen LogP contribution in [0.25, 0.3) is 0 Å². The molecule has 0 radical (unpaired) electrons. The second-order valence-electron chi connectivity index (χ2n) is 4.55. The van der Waals surface area contributed by atoms with Gasteiger partial charge in [0.1, 0.15) is 5.69 Å². The van der Waals surface area contributed by atoms with Crippen molar-refractivity contribution in [1.82, 2.24) is 5.32 Å². The van der Waals surface area contributed by atoms with Crippen molar-refractivity contribution >= 4 is 44.8 Å². The molecular weight excluding hydrogens is 386 g/mol. The van der Waals surface area contributed by atoms with Gasteiger partial charge in [0.2, 0.25) is 0 Å². The van der Waals surface area contributed by atoms with Crippen molar-refractivity contribution in [3.63, 3.8) is 0 Å². The van der Waals surface area contributed by atoms with Crippen LogP contribution in [0.1, 0.15) is 10.4 Å². The highest BCUT2D eigenvalue weighted by Crippen LogP contribution is 2.31. The summed E-state index contributed by atoms with van der Waals surface area (Å²) in [5, 5.41) is 16.8. The van der Waals surface area contributed by atoms with E-state index in [9.17, 15) is 14.9 Å². The summed E-state index contributed by atoms with van der Waals surface area (Å²) in [5.74, 6) is -0.229. The lowest BCUT2D eigenvalue weighted by Crippen LogP contribution is -2.29. The predicted octanol–water partition coefficient (Wildman–Crippen LogP) is 3.85. The number of nitro groups is 1. The maximum atomic E-state index is 12.0. The summed E-state index contributed by atoms with van der Waals surface area (Å²) in [6.45, 7) is 0.601. The second kappa shape index (κ2) is 7.94. The summed E-state index contributed by atoms with van der Waals surface area (Å²) in [5.41, 5.74) is 0.667. The van der Waals surface area contributed by atoms with E-state index >= 15 is 0 Å². The summed E-state index contributed by atoms with van der Waals surface area (Å²) in [6.07, 6.45) is 0. The van der Waals surface area contributed by atoms with E-state index in [-0.39, 0.29) is 22.3 Å². The molecule has 0 fully saturated rings. The summed E-state index contributed by atoms with van der Waals surface area (Å²) in [7, 11) is 0. The van der Waals surface area contributed by atoms with Crippen molar-refractivity contribution in [3.8, 4) is 0 Å². The van der Waals surface area contributed by atoms with Gasteiger partial charge in [-0.05, 0) is 34.1 Å². The number of para-hydroxylation sites is 1. The molecule has 1 amide bonds.